The molecule has 11 atom stereocenters. The molecule has 9 aliphatic rings. The number of aliphatic hydroxyl groups is 2. The van der Waals surface area contributed by atoms with Gasteiger partial charge in [-0.25, -0.2) is 0 Å². The second kappa shape index (κ2) is 14.8. The van der Waals surface area contributed by atoms with Crippen LogP contribution in [-0.2, 0) is 38.4 Å². The van der Waals surface area contributed by atoms with Gasteiger partial charge in [0.2, 0.25) is 0 Å². The van der Waals surface area contributed by atoms with E-state index in [4.69, 9.17) is 9.47 Å². The van der Waals surface area contributed by atoms with Gasteiger partial charge < -0.3 is 34.6 Å². The fraction of sp³-hybridized carbons (Fsp3) is 0.679. The molecule has 1 spiro atoms. The standard InChI is InChI=1S/C56H75N3O6/c1-33-24-34(26-37(25-33)35-13-22-64-23-14-35)27-38-31-59-32-39-44-45(51(4,28-41(61)48-50(2,3)65-48)17-10-36-30-58-46(38)47(36)59)40(60)29-55(44)15-9-16-56(39,63)49-53(6)18-12-43(62)52(5,20-21-57-8)42(53)11-19-54(49,55)7/h9,16,24-26,30-31,35,39,41-42,48-49,57-58,61,63H,10-15,17-23,27-29,32H2,1-8H3. The van der Waals surface area contributed by atoms with Gasteiger partial charge in [0.15, 0.2) is 5.78 Å². The SMILES string of the molecule is CNCCC1(C)C(=O)CCC2(C)C1CCC1(C)C2C2(O)C=CCC13CC(=O)C1=C3C2Cn2cc(Cc3cc(C)cc(C4CCOCC4)c3)c3[nH]cc(c32)CCC1(C)CC(O)C1OC1(C)C. The number of nitrogens with one attached hydrogen (secondary N) is 2. The van der Waals surface area contributed by atoms with Crippen LogP contribution in [-0.4, -0.2) is 81.5 Å². The van der Waals surface area contributed by atoms with E-state index in [1.54, 1.807) is 0 Å². The summed E-state index contributed by atoms with van der Waals surface area (Å²) in [6, 6.07) is 7.13. The molecule has 12 rings (SSSR count). The Kier molecular flexibility index (Phi) is 10.1. The summed E-state index contributed by atoms with van der Waals surface area (Å²) >= 11 is 0. The first-order valence-corrected chi connectivity index (χ1v) is 25.4. The molecule has 3 aliphatic heterocycles. The van der Waals surface area contributed by atoms with E-state index in [1.165, 1.54) is 38.9 Å². The summed E-state index contributed by atoms with van der Waals surface area (Å²) in [6.07, 6.45) is 17.7. The molecule has 3 aromatic rings. The average Bonchev–Trinajstić information content (AvgIpc) is 3.48. The molecule has 0 radical (unpaired) electrons. The molecule has 2 aromatic heterocycles. The number of ether oxygens (including phenoxy) is 2. The summed E-state index contributed by atoms with van der Waals surface area (Å²) in [5.41, 5.74) is 6.77. The molecule has 6 aliphatic carbocycles. The summed E-state index contributed by atoms with van der Waals surface area (Å²) in [4.78, 5) is 33.6. The molecule has 4 N–H and O–H groups in total. The first-order chi connectivity index (χ1) is 30.8. The Labute approximate surface area is 386 Å². The normalized spacial score (nSPS) is 40.2. The number of epoxide rings is 1. The fourth-order valence-corrected chi connectivity index (χ4v) is 17.2. The van der Waals surface area contributed by atoms with Crippen LogP contribution in [0.2, 0.25) is 0 Å². The molecule has 9 nitrogen and oxygen atoms in total. The number of hydrogen-bond donors (Lipinski definition) is 4. The average molecular weight is 886 g/mol. The van der Waals surface area contributed by atoms with Gasteiger partial charge in [-0.2, -0.15) is 0 Å². The predicted molar refractivity (Wildman–Crippen MR) is 254 cm³/mol. The Morgan fingerprint density at radius 2 is 1.77 bits per heavy atom. The molecular weight excluding hydrogens is 811 g/mol. The van der Waals surface area contributed by atoms with E-state index >= 15 is 4.79 Å². The Hall–Kier alpha value is -3.34. The number of fused-ring (bicyclic) bond motifs is 2. The Morgan fingerprint density at radius 3 is 2.51 bits per heavy atom. The third-order valence-corrected chi connectivity index (χ3v) is 20.2. The predicted octanol–water partition coefficient (Wildman–Crippen LogP) is 9.24. The third-order valence-electron chi connectivity index (χ3n) is 20.2. The number of allylic oxidation sites excluding steroid dienone is 2. The van der Waals surface area contributed by atoms with E-state index in [2.05, 4.69) is 92.2 Å². The number of nitrogens with zero attached hydrogens (tertiary/aromatic N) is 1. The van der Waals surface area contributed by atoms with E-state index in [0.717, 1.165) is 82.2 Å². The number of hydrogen-bond acceptors (Lipinski definition) is 7. The number of carbonyl (C=O) groups excluding carboxylic acids is 2. The molecule has 350 valence electrons. The molecular formula is C56H75N3O6. The maximum absolute atomic E-state index is 15.6. The van der Waals surface area contributed by atoms with Crippen LogP contribution in [0, 0.1) is 51.8 Å². The lowest BCUT2D eigenvalue weighted by Crippen LogP contribution is -2.71. The first kappa shape index (κ1) is 44.2. The van der Waals surface area contributed by atoms with Gasteiger partial charge in [-0.15, -0.1) is 0 Å². The molecule has 5 fully saturated rings. The number of carbonyl (C=O) groups is 2. The van der Waals surface area contributed by atoms with E-state index in [1.807, 2.05) is 20.9 Å². The maximum Gasteiger partial charge on any atom is 0.160 e. The lowest BCUT2D eigenvalue weighted by atomic mass is 9.32. The summed E-state index contributed by atoms with van der Waals surface area (Å²) < 4.78 is 14.3. The minimum Gasteiger partial charge on any atom is -0.390 e. The monoisotopic (exact) mass is 886 g/mol. The van der Waals surface area contributed by atoms with E-state index in [-0.39, 0.29) is 35.1 Å². The van der Waals surface area contributed by atoms with Gasteiger partial charge in [0.05, 0.1) is 28.3 Å². The topological polar surface area (TPSA) is 129 Å². The summed E-state index contributed by atoms with van der Waals surface area (Å²) in [5.74, 6) is 0.636. The molecule has 11 unspecified atom stereocenters. The summed E-state index contributed by atoms with van der Waals surface area (Å²) in [6.45, 7) is 18.6. The van der Waals surface area contributed by atoms with Gasteiger partial charge in [-0.3, -0.25) is 9.59 Å². The fourth-order valence-electron chi connectivity index (χ4n) is 17.2. The zero-order chi connectivity index (χ0) is 45.7. The number of H-pyrrole nitrogens is 1. The molecule has 9 heteroatoms. The zero-order valence-electron chi connectivity index (χ0n) is 40.5. The van der Waals surface area contributed by atoms with Crippen LogP contribution in [0.1, 0.15) is 146 Å². The van der Waals surface area contributed by atoms with Crippen molar-refractivity contribution in [1.29, 1.82) is 0 Å². The van der Waals surface area contributed by atoms with Crippen LogP contribution in [0.3, 0.4) is 0 Å². The number of aryl methyl sites for hydroxylation is 2. The smallest absolute Gasteiger partial charge is 0.160 e. The van der Waals surface area contributed by atoms with Gasteiger partial charge in [0, 0.05) is 79.7 Å². The number of benzene rings is 1. The zero-order valence-corrected chi connectivity index (χ0v) is 40.5. The number of aliphatic hydroxyl groups excluding tert-OH is 1. The second-order valence-corrected chi connectivity index (χ2v) is 24.3. The molecule has 5 heterocycles. The van der Waals surface area contributed by atoms with Crippen molar-refractivity contribution >= 4 is 22.6 Å². The van der Waals surface area contributed by atoms with Crippen molar-refractivity contribution in [3.05, 3.63) is 81.7 Å². The van der Waals surface area contributed by atoms with Gasteiger partial charge in [-0.1, -0.05) is 63.6 Å². The van der Waals surface area contributed by atoms with Crippen LogP contribution < -0.4 is 5.32 Å². The van der Waals surface area contributed by atoms with Crippen LogP contribution in [0.4, 0.5) is 0 Å². The van der Waals surface area contributed by atoms with Gasteiger partial charge in [0.25, 0.3) is 0 Å². The molecule has 3 saturated carbocycles. The number of rotatable bonds is 9. The van der Waals surface area contributed by atoms with Crippen molar-refractivity contribution in [2.45, 2.75) is 168 Å². The first-order valence-electron chi connectivity index (χ1n) is 25.4. The van der Waals surface area contributed by atoms with Crippen molar-refractivity contribution in [2.75, 3.05) is 26.8 Å². The van der Waals surface area contributed by atoms with Gasteiger partial charge in [-0.05, 0) is 154 Å². The third kappa shape index (κ3) is 6.26. The number of Topliss-reactive ketones (excluding diaryl/α,β-unsaturated/α-hetero) is 2. The van der Waals surface area contributed by atoms with E-state index in [0.29, 0.717) is 50.4 Å². The van der Waals surface area contributed by atoms with Gasteiger partial charge in [0.1, 0.15) is 11.9 Å². The lowest BCUT2D eigenvalue weighted by Gasteiger charge is -2.72. The summed E-state index contributed by atoms with van der Waals surface area (Å²) in [7, 11) is 1.98. The van der Waals surface area contributed by atoms with Crippen LogP contribution >= 0.6 is 0 Å². The minimum absolute atomic E-state index is 0.114. The van der Waals surface area contributed by atoms with Gasteiger partial charge >= 0.3 is 0 Å². The minimum atomic E-state index is -1.29. The molecule has 2 bridgehead atoms. The van der Waals surface area contributed by atoms with Crippen LogP contribution in [0.5, 0.6) is 0 Å². The van der Waals surface area contributed by atoms with Crippen molar-refractivity contribution in [3.63, 3.8) is 0 Å². The number of ketones is 2. The quantitative estimate of drug-likeness (QED) is 0.125. The maximum atomic E-state index is 15.6. The highest BCUT2D eigenvalue weighted by Gasteiger charge is 2.77. The second-order valence-electron chi connectivity index (χ2n) is 24.3. The Balaban J connectivity index is 1.09. The van der Waals surface area contributed by atoms with Crippen LogP contribution in [0.15, 0.2) is 53.9 Å². The lowest BCUT2D eigenvalue weighted by molar-refractivity contribution is -0.245. The van der Waals surface area contributed by atoms with E-state index < -0.39 is 39.0 Å². The van der Waals surface area contributed by atoms with E-state index in [9.17, 15) is 15.0 Å². The van der Waals surface area contributed by atoms with Crippen molar-refractivity contribution in [1.82, 2.24) is 14.9 Å². The van der Waals surface area contributed by atoms with Crippen molar-refractivity contribution < 1.29 is 29.3 Å². The largest absolute Gasteiger partial charge is 0.390 e. The number of aromatic nitrogens is 2. The highest BCUT2D eigenvalue weighted by molar-refractivity contribution is 6.02. The molecule has 1 aromatic carbocycles. The Bertz CT molecular complexity index is 2520. The molecule has 0 amide bonds. The van der Waals surface area contributed by atoms with Crippen LogP contribution in [0.25, 0.3) is 11.0 Å². The molecule has 2 saturated heterocycles. The van der Waals surface area contributed by atoms with Crippen molar-refractivity contribution in [3.8, 4) is 0 Å². The summed E-state index contributed by atoms with van der Waals surface area (Å²) in [5, 5.41) is 29.9. The highest BCUT2D eigenvalue weighted by atomic mass is 16.6. The number of aromatic amines is 1. The Morgan fingerprint density at radius 1 is 1.00 bits per heavy atom. The molecule has 65 heavy (non-hydrogen) atoms. The highest BCUT2D eigenvalue weighted by Crippen LogP contribution is 2.80. The van der Waals surface area contributed by atoms with Crippen molar-refractivity contribution in [2.24, 2.45) is 44.8 Å².